The van der Waals surface area contributed by atoms with Gasteiger partial charge in [0.25, 0.3) is 0 Å². The monoisotopic (exact) mass is 425 g/mol. The lowest BCUT2D eigenvalue weighted by Gasteiger charge is -2.43. The second kappa shape index (κ2) is 12.1. The summed E-state index contributed by atoms with van der Waals surface area (Å²) in [5.74, 6) is 1.22. The lowest BCUT2D eigenvalue weighted by Crippen LogP contribution is -2.42. The van der Waals surface area contributed by atoms with Crippen LogP contribution < -0.4 is 10.5 Å². The van der Waals surface area contributed by atoms with E-state index in [9.17, 15) is 0 Å². The van der Waals surface area contributed by atoms with Crippen LogP contribution in [0, 0.1) is 11.3 Å². The number of rotatable bonds is 13. The molecular formula is C25H44ClNO2. The molecule has 1 atom stereocenters. The van der Waals surface area contributed by atoms with Gasteiger partial charge in [0.1, 0.15) is 5.75 Å². The number of unbranched alkanes of at least 4 members (excludes halogenated alkanes) is 5. The first-order valence-corrected chi connectivity index (χ1v) is 11.7. The summed E-state index contributed by atoms with van der Waals surface area (Å²) in [6, 6.07) is 3.67. The topological polar surface area (TPSA) is 44.5 Å². The molecule has 0 aliphatic heterocycles. The van der Waals surface area contributed by atoms with Crippen LogP contribution in [0.15, 0.2) is 12.1 Å². The fourth-order valence-corrected chi connectivity index (χ4v) is 4.52. The van der Waals surface area contributed by atoms with E-state index in [0.717, 1.165) is 11.3 Å². The van der Waals surface area contributed by atoms with Crippen molar-refractivity contribution in [2.24, 2.45) is 11.3 Å². The molecular weight excluding hydrogens is 382 g/mol. The van der Waals surface area contributed by atoms with Gasteiger partial charge in [0.2, 0.25) is 0 Å². The number of hydrogen-bond donors (Lipinski definition) is 1. The molecule has 0 amide bonds. The van der Waals surface area contributed by atoms with Crippen LogP contribution in [0.4, 0.5) is 5.69 Å². The Morgan fingerprint density at radius 1 is 0.966 bits per heavy atom. The molecule has 0 radical (unpaired) electrons. The third-order valence-corrected chi connectivity index (χ3v) is 6.14. The van der Waals surface area contributed by atoms with Gasteiger partial charge < -0.3 is 15.2 Å². The minimum absolute atomic E-state index is 0.175. The van der Waals surface area contributed by atoms with Crippen molar-refractivity contribution >= 4 is 17.3 Å². The van der Waals surface area contributed by atoms with Crippen LogP contribution in [0.1, 0.15) is 99.0 Å². The van der Waals surface area contributed by atoms with Gasteiger partial charge in [-0.2, -0.15) is 0 Å². The molecule has 2 N–H and O–H groups in total. The maximum Gasteiger partial charge on any atom is 0.126 e. The molecule has 1 aromatic carbocycles. The molecule has 168 valence electrons. The summed E-state index contributed by atoms with van der Waals surface area (Å²) in [7, 11) is 0. The van der Waals surface area contributed by atoms with Crippen LogP contribution in [-0.4, -0.2) is 12.2 Å². The van der Waals surface area contributed by atoms with Gasteiger partial charge in [-0.25, -0.2) is 0 Å². The maximum absolute atomic E-state index is 6.50. The van der Waals surface area contributed by atoms with Crippen molar-refractivity contribution in [2.75, 3.05) is 12.3 Å². The Hall–Kier alpha value is -0.930. The zero-order valence-electron chi connectivity index (χ0n) is 19.9. The molecule has 0 spiro atoms. The molecule has 1 aromatic rings. The Kier molecular flexibility index (Phi) is 10.8. The number of anilines is 1. The Bertz CT molecular complexity index is 608. The van der Waals surface area contributed by atoms with Crippen molar-refractivity contribution < 1.29 is 9.47 Å². The molecule has 0 heterocycles. The van der Waals surface area contributed by atoms with Gasteiger partial charge in [-0.1, -0.05) is 77.8 Å². The minimum Gasteiger partial charge on any atom is -0.493 e. The molecule has 29 heavy (non-hydrogen) atoms. The van der Waals surface area contributed by atoms with E-state index in [2.05, 4.69) is 41.5 Å². The Balaban J connectivity index is 2.81. The molecule has 4 heteroatoms. The van der Waals surface area contributed by atoms with Crippen LogP contribution in [-0.2, 0) is 11.3 Å². The first-order valence-electron chi connectivity index (χ1n) is 11.4. The minimum atomic E-state index is -0.251. The molecule has 0 aromatic heterocycles. The van der Waals surface area contributed by atoms with E-state index in [0.29, 0.717) is 29.8 Å². The highest BCUT2D eigenvalue weighted by molar-refractivity contribution is 6.33. The smallest absolute Gasteiger partial charge is 0.126 e. The van der Waals surface area contributed by atoms with Crippen LogP contribution in [0.5, 0.6) is 5.75 Å². The maximum atomic E-state index is 6.50. The highest BCUT2D eigenvalue weighted by Gasteiger charge is 2.38. The quantitative estimate of drug-likeness (QED) is 0.257. The van der Waals surface area contributed by atoms with Crippen molar-refractivity contribution in [3.63, 3.8) is 0 Å². The molecule has 0 bridgehead atoms. The van der Waals surface area contributed by atoms with Crippen molar-refractivity contribution in [3.05, 3.63) is 22.7 Å². The standard InChI is InChI=1S/C25H44ClNO2/c1-8-10-11-12-13-14-15-23(24(3,4)5)25(6,7)29-18-19-16-20(26)21(27)17-22(19)28-9-2/h16-17,23H,8-15,18,27H2,1-7H3. The van der Waals surface area contributed by atoms with E-state index >= 15 is 0 Å². The fourth-order valence-electron chi connectivity index (χ4n) is 4.33. The highest BCUT2D eigenvalue weighted by Crippen LogP contribution is 2.41. The summed E-state index contributed by atoms with van der Waals surface area (Å²) in [6.07, 6.45) is 9.10. The van der Waals surface area contributed by atoms with E-state index in [1.165, 1.54) is 44.9 Å². The summed E-state index contributed by atoms with van der Waals surface area (Å²) in [5.41, 5.74) is 7.36. The first-order chi connectivity index (χ1) is 13.5. The third-order valence-electron chi connectivity index (χ3n) is 5.81. The van der Waals surface area contributed by atoms with Gasteiger partial charge in [0.05, 0.1) is 29.5 Å². The van der Waals surface area contributed by atoms with E-state index < -0.39 is 0 Å². The van der Waals surface area contributed by atoms with Crippen molar-refractivity contribution in [3.8, 4) is 5.75 Å². The predicted octanol–water partition coefficient (Wildman–Crippen LogP) is 8.03. The average Bonchev–Trinajstić information content (AvgIpc) is 2.61. The molecule has 1 unspecified atom stereocenters. The van der Waals surface area contributed by atoms with E-state index in [1.807, 2.05) is 13.0 Å². The number of benzene rings is 1. The lowest BCUT2D eigenvalue weighted by atomic mass is 9.69. The second-order valence-electron chi connectivity index (χ2n) is 9.78. The van der Waals surface area contributed by atoms with Crippen LogP contribution >= 0.6 is 11.6 Å². The Labute approximate surface area is 184 Å². The molecule has 1 rings (SSSR count). The SMILES string of the molecule is CCCCCCCCC(C(C)(C)C)C(C)(C)OCc1cc(Cl)c(N)cc1OCC. The van der Waals surface area contributed by atoms with Gasteiger partial charge in [0, 0.05) is 11.6 Å². The van der Waals surface area contributed by atoms with Crippen LogP contribution in [0.2, 0.25) is 5.02 Å². The van der Waals surface area contributed by atoms with Crippen molar-refractivity contribution in [2.45, 2.75) is 106 Å². The first kappa shape index (κ1) is 26.1. The fraction of sp³-hybridized carbons (Fsp3) is 0.760. The second-order valence-corrected chi connectivity index (χ2v) is 10.2. The summed E-state index contributed by atoms with van der Waals surface area (Å²) >= 11 is 6.26. The lowest BCUT2D eigenvalue weighted by molar-refractivity contribution is -0.104. The molecule has 0 fully saturated rings. The zero-order valence-corrected chi connectivity index (χ0v) is 20.6. The number of ether oxygens (including phenoxy) is 2. The molecule has 3 nitrogen and oxygen atoms in total. The largest absolute Gasteiger partial charge is 0.493 e. The number of nitrogens with two attached hydrogens (primary N) is 1. The number of hydrogen-bond acceptors (Lipinski definition) is 3. The van der Waals surface area contributed by atoms with Crippen LogP contribution in [0.25, 0.3) is 0 Å². The summed E-state index contributed by atoms with van der Waals surface area (Å²) in [5, 5.41) is 0.546. The van der Waals surface area contributed by atoms with E-state index in [4.69, 9.17) is 26.8 Å². The van der Waals surface area contributed by atoms with Gasteiger partial charge in [-0.3, -0.25) is 0 Å². The van der Waals surface area contributed by atoms with Gasteiger partial charge in [-0.15, -0.1) is 0 Å². The summed E-state index contributed by atoms with van der Waals surface area (Å²) in [6.45, 7) is 16.7. The predicted molar refractivity (Wildman–Crippen MR) is 127 cm³/mol. The molecule has 0 aliphatic carbocycles. The van der Waals surface area contributed by atoms with Gasteiger partial charge in [-0.05, 0) is 44.6 Å². The third kappa shape index (κ3) is 8.76. The Morgan fingerprint density at radius 2 is 1.59 bits per heavy atom. The van der Waals surface area contributed by atoms with E-state index in [1.54, 1.807) is 6.07 Å². The molecule has 0 aliphatic rings. The Morgan fingerprint density at radius 3 is 2.17 bits per heavy atom. The summed E-state index contributed by atoms with van der Waals surface area (Å²) in [4.78, 5) is 0. The summed E-state index contributed by atoms with van der Waals surface area (Å²) < 4.78 is 12.3. The molecule has 0 saturated carbocycles. The molecule has 0 saturated heterocycles. The normalized spacial score (nSPS) is 13.5. The average molecular weight is 426 g/mol. The zero-order chi connectivity index (χ0) is 22.1. The van der Waals surface area contributed by atoms with E-state index in [-0.39, 0.29) is 11.0 Å². The van der Waals surface area contributed by atoms with Gasteiger partial charge >= 0.3 is 0 Å². The van der Waals surface area contributed by atoms with Crippen molar-refractivity contribution in [1.29, 1.82) is 0 Å². The number of nitrogen functional groups attached to an aromatic ring is 1. The number of halogens is 1. The van der Waals surface area contributed by atoms with Crippen LogP contribution in [0.3, 0.4) is 0 Å². The highest BCUT2D eigenvalue weighted by atomic mass is 35.5. The van der Waals surface area contributed by atoms with Crippen molar-refractivity contribution in [1.82, 2.24) is 0 Å². The van der Waals surface area contributed by atoms with Gasteiger partial charge in [0.15, 0.2) is 0 Å².